The van der Waals surface area contributed by atoms with Gasteiger partial charge in [0.05, 0.1) is 10.7 Å². The van der Waals surface area contributed by atoms with Crippen molar-refractivity contribution < 1.29 is 0 Å². The van der Waals surface area contributed by atoms with Gasteiger partial charge in [0.15, 0.2) is 0 Å². The summed E-state index contributed by atoms with van der Waals surface area (Å²) in [6.45, 7) is 4.18. The Morgan fingerprint density at radius 2 is 1.27 bits per heavy atom. The number of hydrogen-bond donors (Lipinski definition) is 1. The standard InChI is InChI=1S/C25H23ClN4/c1-17-7-5-9-19(13-17)15-23-28-24(16-20-10-6-8-18(2)14-20)30-25(29-23)27-22-12-4-3-11-21(22)26/h3-14H,15-16H2,1-2H3,(H,27,28,29,30). The zero-order valence-corrected chi connectivity index (χ0v) is 17.8. The highest BCUT2D eigenvalue weighted by molar-refractivity contribution is 6.33. The number of aromatic nitrogens is 3. The summed E-state index contributed by atoms with van der Waals surface area (Å²) in [6.07, 6.45) is 1.28. The van der Waals surface area contributed by atoms with Crippen molar-refractivity contribution in [1.29, 1.82) is 0 Å². The second-order valence-corrected chi connectivity index (χ2v) is 7.84. The highest BCUT2D eigenvalue weighted by Crippen LogP contribution is 2.23. The van der Waals surface area contributed by atoms with Gasteiger partial charge in [0, 0.05) is 12.8 Å². The molecule has 0 saturated heterocycles. The Kier molecular flexibility index (Phi) is 6.05. The summed E-state index contributed by atoms with van der Waals surface area (Å²) >= 11 is 6.31. The molecule has 0 amide bonds. The SMILES string of the molecule is Cc1cccc(Cc2nc(Cc3cccc(C)c3)nc(Nc3ccccc3Cl)n2)c1. The second kappa shape index (κ2) is 9.06. The zero-order valence-electron chi connectivity index (χ0n) is 17.1. The van der Waals surface area contributed by atoms with Crippen molar-refractivity contribution in [3.05, 3.63) is 112 Å². The van der Waals surface area contributed by atoms with Crippen molar-refractivity contribution in [3.8, 4) is 0 Å². The number of para-hydroxylation sites is 1. The average molecular weight is 415 g/mol. The van der Waals surface area contributed by atoms with E-state index in [0.717, 1.165) is 17.3 Å². The monoisotopic (exact) mass is 414 g/mol. The first kappa shape index (κ1) is 20.0. The molecule has 0 aliphatic carbocycles. The molecular weight excluding hydrogens is 392 g/mol. The Bertz CT molecular complexity index is 1110. The van der Waals surface area contributed by atoms with E-state index in [9.17, 15) is 0 Å². The molecule has 0 radical (unpaired) electrons. The number of benzene rings is 3. The number of rotatable bonds is 6. The largest absolute Gasteiger partial charge is 0.323 e. The smallest absolute Gasteiger partial charge is 0.230 e. The second-order valence-electron chi connectivity index (χ2n) is 7.43. The van der Waals surface area contributed by atoms with Gasteiger partial charge < -0.3 is 5.32 Å². The third-order valence-electron chi connectivity index (χ3n) is 4.74. The number of halogens is 1. The molecule has 4 nitrogen and oxygen atoms in total. The highest BCUT2D eigenvalue weighted by atomic mass is 35.5. The Hall–Kier alpha value is -3.24. The van der Waals surface area contributed by atoms with E-state index >= 15 is 0 Å². The van der Waals surface area contributed by atoms with Crippen molar-refractivity contribution in [2.75, 3.05) is 5.32 Å². The zero-order chi connectivity index (χ0) is 20.9. The maximum absolute atomic E-state index is 6.31. The fraction of sp³-hybridized carbons (Fsp3) is 0.160. The third kappa shape index (κ3) is 5.22. The Labute approximate surface area is 182 Å². The van der Waals surface area contributed by atoms with Gasteiger partial charge in [-0.1, -0.05) is 83.4 Å². The maximum Gasteiger partial charge on any atom is 0.230 e. The van der Waals surface area contributed by atoms with Crippen LogP contribution in [0.25, 0.3) is 0 Å². The summed E-state index contributed by atoms with van der Waals surface area (Å²) in [6, 6.07) is 24.4. The van der Waals surface area contributed by atoms with Crippen LogP contribution in [0, 0.1) is 13.8 Å². The molecule has 30 heavy (non-hydrogen) atoms. The molecule has 4 aromatic rings. The van der Waals surface area contributed by atoms with Crippen molar-refractivity contribution in [2.24, 2.45) is 0 Å². The molecule has 0 unspecified atom stereocenters. The first-order valence-corrected chi connectivity index (χ1v) is 10.3. The van der Waals surface area contributed by atoms with E-state index in [4.69, 9.17) is 16.6 Å². The molecule has 1 aromatic heterocycles. The fourth-order valence-corrected chi connectivity index (χ4v) is 3.56. The highest BCUT2D eigenvalue weighted by Gasteiger charge is 2.10. The van der Waals surface area contributed by atoms with Gasteiger partial charge in [-0.15, -0.1) is 0 Å². The van der Waals surface area contributed by atoms with Crippen LogP contribution in [0.1, 0.15) is 33.9 Å². The molecule has 0 atom stereocenters. The number of aryl methyl sites for hydroxylation is 2. The lowest BCUT2D eigenvalue weighted by atomic mass is 10.1. The average Bonchev–Trinajstić information content (AvgIpc) is 2.70. The minimum Gasteiger partial charge on any atom is -0.323 e. The van der Waals surface area contributed by atoms with Gasteiger partial charge >= 0.3 is 0 Å². The molecule has 5 heteroatoms. The van der Waals surface area contributed by atoms with Gasteiger partial charge in [0.1, 0.15) is 11.6 Å². The van der Waals surface area contributed by atoms with Gasteiger partial charge in [-0.3, -0.25) is 0 Å². The molecule has 0 fully saturated rings. The molecule has 0 saturated carbocycles. The Morgan fingerprint density at radius 1 is 0.700 bits per heavy atom. The maximum atomic E-state index is 6.31. The van der Waals surface area contributed by atoms with Gasteiger partial charge in [-0.25, -0.2) is 4.98 Å². The first-order valence-electron chi connectivity index (χ1n) is 9.91. The fourth-order valence-electron chi connectivity index (χ4n) is 3.37. The Morgan fingerprint density at radius 3 is 1.80 bits per heavy atom. The van der Waals surface area contributed by atoms with Crippen molar-refractivity contribution in [3.63, 3.8) is 0 Å². The predicted molar refractivity (Wildman–Crippen MR) is 123 cm³/mol. The van der Waals surface area contributed by atoms with Gasteiger partial charge in [0.2, 0.25) is 5.95 Å². The summed E-state index contributed by atoms with van der Waals surface area (Å²) in [5.41, 5.74) is 5.55. The van der Waals surface area contributed by atoms with E-state index in [2.05, 4.69) is 77.7 Å². The third-order valence-corrected chi connectivity index (χ3v) is 5.07. The molecule has 150 valence electrons. The van der Waals surface area contributed by atoms with Gasteiger partial charge in [0.25, 0.3) is 0 Å². The van der Waals surface area contributed by atoms with Crippen LogP contribution in [0.3, 0.4) is 0 Å². The summed E-state index contributed by atoms with van der Waals surface area (Å²) in [7, 11) is 0. The molecule has 4 rings (SSSR count). The quantitative estimate of drug-likeness (QED) is 0.416. The van der Waals surface area contributed by atoms with Crippen molar-refractivity contribution in [1.82, 2.24) is 15.0 Å². The van der Waals surface area contributed by atoms with Crippen LogP contribution in [-0.2, 0) is 12.8 Å². The minimum absolute atomic E-state index is 0.503. The molecule has 0 bridgehead atoms. The van der Waals surface area contributed by atoms with E-state index in [-0.39, 0.29) is 0 Å². The van der Waals surface area contributed by atoms with Crippen LogP contribution in [-0.4, -0.2) is 15.0 Å². The van der Waals surface area contributed by atoms with E-state index in [1.54, 1.807) is 0 Å². The number of anilines is 2. The summed E-state index contributed by atoms with van der Waals surface area (Å²) in [5.74, 6) is 1.96. The van der Waals surface area contributed by atoms with Crippen molar-refractivity contribution in [2.45, 2.75) is 26.7 Å². The number of nitrogens with zero attached hydrogens (tertiary/aromatic N) is 3. The van der Waals surface area contributed by atoms with Gasteiger partial charge in [-0.05, 0) is 37.1 Å². The normalized spacial score (nSPS) is 10.8. The van der Waals surface area contributed by atoms with Crippen LogP contribution in [0.5, 0.6) is 0 Å². The van der Waals surface area contributed by atoms with E-state index in [1.807, 2.05) is 24.3 Å². The van der Waals surface area contributed by atoms with Crippen LogP contribution < -0.4 is 5.32 Å². The molecule has 1 heterocycles. The summed E-state index contributed by atoms with van der Waals surface area (Å²) in [5, 5.41) is 3.88. The molecule has 0 aliphatic heterocycles. The van der Waals surface area contributed by atoms with Crippen LogP contribution in [0.4, 0.5) is 11.6 Å². The minimum atomic E-state index is 0.503. The van der Waals surface area contributed by atoms with Crippen LogP contribution in [0.2, 0.25) is 5.02 Å². The molecule has 0 aliphatic rings. The topological polar surface area (TPSA) is 50.7 Å². The molecule has 3 aromatic carbocycles. The lowest BCUT2D eigenvalue weighted by Crippen LogP contribution is -2.09. The first-order chi connectivity index (χ1) is 14.5. The van der Waals surface area contributed by atoms with Gasteiger partial charge in [-0.2, -0.15) is 9.97 Å². The lowest BCUT2D eigenvalue weighted by molar-refractivity contribution is 0.855. The summed E-state index contributed by atoms with van der Waals surface area (Å²) in [4.78, 5) is 14.1. The van der Waals surface area contributed by atoms with Crippen molar-refractivity contribution >= 4 is 23.2 Å². The van der Waals surface area contributed by atoms with Crippen LogP contribution in [0.15, 0.2) is 72.8 Å². The van der Waals surface area contributed by atoms with E-state index < -0.39 is 0 Å². The van der Waals surface area contributed by atoms with E-state index in [1.165, 1.54) is 22.3 Å². The molecular formula is C25H23ClN4. The molecule has 1 N–H and O–H groups in total. The number of hydrogen-bond acceptors (Lipinski definition) is 4. The predicted octanol–water partition coefficient (Wildman–Crippen LogP) is 6.07. The summed E-state index contributed by atoms with van der Waals surface area (Å²) < 4.78 is 0. The number of nitrogens with one attached hydrogen (secondary N) is 1. The van der Waals surface area contributed by atoms with E-state index in [0.29, 0.717) is 23.8 Å². The van der Waals surface area contributed by atoms with Crippen LogP contribution >= 0.6 is 11.6 Å². The Balaban J connectivity index is 1.68. The molecule has 0 spiro atoms. The lowest BCUT2D eigenvalue weighted by Gasteiger charge is -2.11.